The fourth-order valence-electron chi connectivity index (χ4n) is 4.07. The van der Waals surface area contributed by atoms with Gasteiger partial charge < -0.3 is 20.3 Å². The minimum atomic E-state index is -3.98. The average Bonchev–Trinajstić information content (AvgIpc) is 2.83. The molecule has 1 aromatic rings. The van der Waals surface area contributed by atoms with Crippen molar-refractivity contribution >= 4 is 27.8 Å². The topological polar surface area (TPSA) is 125 Å². The Morgan fingerprint density at radius 2 is 1.78 bits per heavy atom. The van der Waals surface area contributed by atoms with Crippen LogP contribution in [0.15, 0.2) is 35.2 Å². The number of benzene rings is 1. The number of hydrogen-bond acceptors (Lipinski definition) is 7. The first-order valence-electron chi connectivity index (χ1n) is 10.7. The zero-order valence-electron chi connectivity index (χ0n) is 18.3. The van der Waals surface area contributed by atoms with Crippen LogP contribution >= 0.6 is 0 Å². The molecule has 2 aliphatic rings. The van der Waals surface area contributed by atoms with E-state index in [1.54, 1.807) is 23.1 Å². The van der Waals surface area contributed by atoms with Gasteiger partial charge in [-0.1, -0.05) is 18.2 Å². The van der Waals surface area contributed by atoms with E-state index in [-0.39, 0.29) is 36.4 Å². The van der Waals surface area contributed by atoms with Gasteiger partial charge in [-0.15, -0.1) is 0 Å². The van der Waals surface area contributed by atoms with Gasteiger partial charge in [0.2, 0.25) is 21.8 Å². The highest BCUT2D eigenvalue weighted by Crippen LogP contribution is 2.24. The van der Waals surface area contributed by atoms with Crippen molar-refractivity contribution < 1.29 is 27.5 Å². The van der Waals surface area contributed by atoms with E-state index in [1.165, 1.54) is 26.2 Å². The third-order valence-electron chi connectivity index (χ3n) is 5.90. The highest BCUT2D eigenvalue weighted by atomic mass is 32.2. The maximum Gasteiger partial charge on any atom is 0.328 e. The van der Waals surface area contributed by atoms with Crippen molar-refractivity contribution in [2.75, 3.05) is 39.8 Å². The van der Waals surface area contributed by atoms with Crippen molar-refractivity contribution in [2.45, 2.75) is 36.7 Å². The minimum absolute atomic E-state index is 0.0152. The van der Waals surface area contributed by atoms with Crippen molar-refractivity contribution in [1.29, 1.82) is 0 Å². The molecule has 0 aliphatic carbocycles. The minimum Gasteiger partial charge on any atom is -0.467 e. The van der Waals surface area contributed by atoms with Gasteiger partial charge in [-0.25, -0.2) is 13.2 Å². The van der Waals surface area contributed by atoms with Crippen molar-refractivity contribution in [3.63, 3.8) is 0 Å². The van der Waals surface area contributed by atoms with Gasteiger partial charge in [0.25, 0.3) is 0 Å². The second-order valence-electron chi connectivity index (χ2n) is 8.01. The second-order valence-corrected chi connectivity index (χ2v) is 9.90. The van der Waals surface area contributed by atoms with Gasteiger partial charge in [0.05, 0.1) is 12.0 Å². The quantitative estimate of drug-likeness (QED) is 0.545. The summed E-state index contributed by atoms with van der Waals surface area (Å²) in [5, 5.41) is 5.74. The zero-order chi connectivity index (χ0) is 23.3. The van der Waals surface area contributed by atoms with Crippen LogP contribution in [0.4, 0.5) is 0 Å². The average molecular weight is 467 g/mol. The number of piperidine rings is 1. The number of amides is 2. The first-order valence-corrected chi connectivity index (χ1v) is 12.1. The van der Waals surface area contributed by atoms with E-state index in [0.717, 1.165) is 17.4 Å². The van der Waals surface area contributed by atoms with E-state index in [4.69, 9.17) is 0 Å². The van der Waals surface area contributed by atoms with Gasteiger partial charge in [-0.05, 0) is 45.0 Å². The molecule has 2 N–H and O–H groups in total. The summed E-state index contributed by atoms with van der Waals surface area (Å²) in [6.45, 7) is 3.07. The molecule has 0 bridgehead atoms. The van der Waals surface area contributed by atoms with E-state index < -0.39 is 34.0 Å². The Bertz CT molecular complexity index is 933. The Labute approximate surface area is 188 Å². The maximum absolute atomic E-state index is 13.3. The molecule has 3 rings (SSSR count). The van der Waals surface area contributed by atoms with Crippen LogP contribution in [-0.4, -0.2) is 87.3 Å². The van der Waals surface area contributed by atoms with Crippen molar-refractivity contribution in [1.82, 2.24) is 19.8 Å². The molecular weight excluding hydrogens is 436 g/mol. The number of rotatable bonds is 6. The molecule has 10 nitrogen and oxygen atoms in total. The van der Waals surface area contributed by atoms with Crippen LogP contribution in [-0.2, 0) is 29.1 Å². The lowest BCUT2D eigenvalue weighted by molar-refractivity contribution is -0.146. The molecule has 1 aromatic carbocycles. The molecule has 2 atom stereocenters. The summed E-state index contributed by atoms with van der Waals surface area (Å²) in [5.41, 5.74) is 0. The summed E-state index contributed by atoms with van der Waals surface area (Å²) < 4.78 is 32.4. The Hall–Kier alpha value is -2.50. The number of nitrogens with one attached hydrogen (secondary N) is 2. The van der Waals surface area contributed by atoms with E-state index in [9.17, 15) is 22.8 Å². The smallest absolute Gasteiger partial charge is 0.328 e. The van der Waals surface area contributed by atoms with Gasteiger partial charge in [0, 0.05) is 25.6 Å². The molecule has 0 radical (unpaired) electrons. The molecule has 2 heterocycles. The first kappa shape index (κ1) is 24.1. The lowest BCUT2D eigenvalue weighted by atomic mass is 9.96. The summed E-state index contributed by atoms with van der Waals surface area (Å²) in [6.07, 6.45) is 1.41. The molecule has 0 spiro atoms. The summed E-state index contributed by atoms with van der Waals surface area (Å²) in [4.78, 5) is 39.5. The number of sulfonamides is 1. The van der Waals surface area contributed by atoms with E-state index in [1.807, 2.05) is 0 Å². The molecule has 176 valence electrons. The molecule has 32 heavy (non-hydrogen) atoms. The fraction of sp³-hybridized carbons (Fsp3) is 0.571. The molecule has 0 aromatic heterocycles. The predicted molar refractivity (Wildman–Crippen MR) is 116 cm³/mol. The van der Waals surface area contributed by atoms with E-state index in [0.29, 0.717) is 12.8 Å². The van der Waals surface area contributed by atoms with E-state index in [2.05, 4.69) is 15.4 Å². The molecule has 2 saturated heterocycles. The predicted octanol–water partition coefficient (Wildman–Crippen LogP) is -0.435. The zero-order valence-corrected chi connectivity index (χ0v) is 19.1. The largest absolute Gasteiger partial charge is 0.467 e. The monoisotopic (exact) mass is 466 g/mol. The van der Waals surface area contributed by atoms with E-state index >= 15 is 0 Å². The highest BCUT2D eigenvalue weighted by molar-refractivity contribution is 7.89. The number of carbonyl (C=O) groups excluding carboxylic acids is 3. The lowest BCUT2D eigenvalue weighted by Gasteiger charge is -2.41. The van der Waals surface area contributed by atoms with Crippen LogP contribution in [0.5, 0.6) is 0 Å². The van der Waals surface area contributed by atoms with Crippen LogP contribution in [0.1, 0.15) is 19.8 Å². The van der Waals surface area contributed by atoms with Gasteiger partial charge in [0.1, 0.15) is 12.1 Å². The Morgan fingerprint density at radius 3 is 2.41 bits per heavy atom. The highest BCUT2D eigenvalue weighted by Gasteiger charge is 2.42. The summed E-state index contributed by atoms with van der Waals surface area (Å²) in [5.74, 6) is -1.51. The molecule has 0 saturated carbocycles. The third-order valence-corrected chi connectivity index (χ3v) is 7.82. The molecule has 2 fully saturated rings. The molecule has 0 unspecified atom stereocenters. The number of methoxy groups -OCH3 is 1. The Kier molecular flexibility index (Phi) is 7.86. The van der Waals surface area contributed by atoms with Crippen LogP contribution in [0.25, 0.3) is 0 Å². The number of hydrogen-bond donors (Lipinski definition) is 2. The molecular formula is C21H30N4O6S. The van der Waals surface area contributed by atoms with Gasteiger partial charge >= 0.3 is 5.97 Å². The van der Waals surface area contributed by atoms with Crippen molar-refractivity contribution in [2.24, 2.45) is 5.92 Å². The number of piperazine rings is 1. The fourth-order valence-corrected chi connectivity index (χ4v) is 5.66. The number of esters is 1. The lowest BCUT2D eigenvalue weighted by Crippen LogP contribution is -2.63. The van der Waals surface area contributed by atoms with Crippen LogP contribution < -0.4 is 10.6 Å². The summed E-state index contributed by atoms with van der Waals surface area (Å²) in [7, 11) is -2.78. The SMILES string of the molecule is COC(=O)[C@@H](C)NC(=O)[C@H]1CN(C(=O)C2CCNCC2)CCN1S(=O)(=O)c1ccccc1. The number of nitrogens with zero attached hydrogens (tertiary/aromatic N) is 2. The van der Waals surface area contributed by atoms with Crippen LogP contribution in [0.2, 0.25) is 0 Å². The van der Waals surface area contributed by atoms with Crippen LogP contribution in [0, 0.1) is 5.92 Å². The van der Waals surface area contributed by atoms with Gasteiger partial charge in [0.15, 0.2) is 0 Å². The maximum atomic E-state index is 13.3. The number of carbonyl (C=O) groups is 3. The standard InChI is InChI=1S/C21H30N4O6S/c1-15(21(28)31-2)23-19(26)18-14-24(20(27)16-8-10-22-11-9-16)12-13-25(18)32(29,30)17-6-4-3-5-7-17/h3-7,15-16,18,22H,8-14H2,1-2H3,(H,23,26)/t15-,18-/m1/s1. The van der Waals surface area contributed by atoms with Gasteiger partial charge in [-0.3, -0.25) is 9.59 Å². The normalized spacial score (nSPS) is 21.6. The van der Waals surface area contributed by atoms with Crippen LogP contribution in [0.3, 0.4) is 0 Å². The second kappa shape index (κ2) is 10.4. The molecule has 2 amide bonds. The van der Waals surface area contributed by atoms with Crippen molar-refractivity contribution in [3.05, 3.63) is 30.3 Å². The third kappa shape index (κ3) is 5.28. The Morgan fingerprint density at radius 1 is 1.12 bits per heavy atom. The first-order chi connectivity index (χ1) is 15.3. The number of ether oxygens (including phenoxy) is 1. The summed E-state index contributed by atoms with van der Waals surface area (Å²) in [6, 6.07) is 5.74. The van der Waals surface area contributed by atoms with Gasteiger partial charge in [-0.2, -0.15) is 4.31 Å². The summed E-state index contributed by atoms with van der Waals surface area (Å²) >= 11 is 0. The molecule has 11 heteroatoms. The molecule has 2 aliphatic heterocycles. The Balaban J connectivity index is 1.85. The van der Waals surface area contributed by atoms with Crippen molar-refractivity contribution in [3.8, 4) is 0 Å².